The molecule has 0 unspecified atom stereocenters. The maximum absolute atomic E-state index is 13.5. The molecule has 0 saturated carbocycles. The van der Waals surface area contributed by atoms with Crippen molar-refractivity contribution >= 4 is 34.5 Å². The van der Waals surface area contributed by atoms with Crippen molar-refractivity contribution in [2.45, 2.75) is 59.4 Å². The average Bonchev–Trinajstić information content (AvgIpc) is 2.82. The first kappa shape index (κ1) is 28.1. The Balaban J connectivity index is 1.61. The second-order valence-electron chi connectivity index (χ2n) is 10.5. The highest BCUT2D eigenvalue weighted by molar-refractivity contribution is 5.99. The molecule has 1 fully saturated rings. The molecule has 0 aliphatic carbocycles. The molecule has 3 aromatic rings. The number of carbonyl (C=O) groups is 2. The summed E-state index contributed by atoms with van der Waals surface area (Å²) in [4.78, 5) is 41.5. The molecule has 1 aliphatic heterocycles. The van der Waals surface area contributed by atoms with Gasteiger partial charge in [0, 0.05) is 13.1 Å². The van der Waals surface area contributed by atoms with Crippen LogP contribution in [0, 0.1) is 13.8 Å². The number of nitrogens with zero attached hydrogens (tertiary/aromatic N) is 5. The molecule has 9 nitrogen and oxygen atoms in total. The minimum absolute atomic E-state index is 0.132. The predicted octanol–water partition coefficient (Wildman–Crippen LogP) is 5.42. The van der Waals surface area contributed by atoms with Gasteiger partial charge in [-0.15, -0.1) is 0 Å². The number of hydrogen-bond acceptors (Lipinski definition) is 7. The number of rotatable bonds is 4. The fourth-order valence-electron chi connectivity index (χ4n) is 4.51. The Kier molecular flexibility index (Phi) is 7.42. The second kappa shape index (κ2) is 10.3. The minimum Gasteiger partial charge on any atom is -0.444 e. The van der Waals surface area contributed by atoms with Gasteiger partial charge < -0.3 is 15.0 Å². The van der Waals surface area contributed by atoms with Gasteiger partial charge in [-0.2, -0.15) is 13.2 Å². The number of hydrogen-bond donors (Lipinski definition) is 1. The fraction of sp³-hybridized carbons (Fsp3) is 0.444. The van der Waals surface area contributed by atoms with Crippen LogP contribution in [0.1, 0.15) is 56.3 Å². The zero-order valence-corrected chi connectivity index (χ0v) is 22.7. The Morgan fingerprint density at radius 3 is 2.49 bits per heavy atom. The average molecular weight is 545 g/mol. The van der Waals surface area contributed by atoms with Crippen molar-refractivity contribution in [2.24, 2.45) is 0 Å². The summed E-state index contributed by atoms with van der Waals surface area (Å²) in [6.07, 6.45) is -3.49. The van der Waals surface area contributed by atoms with Gasteiger partial charge in [0.25, 0.3) is 0 Å². The molecule has 1 N–H and O–H groups in total. The van der Waals surface area contributed by atoms with Gasteiger partial charge >= 0.3 is 12.3 Å². The number of ether oxygens (including phenoxy) is 1. The molecule has 4 rings (SSSR count). The lowest BCUT2D eigenvalue weighted by Crippen LogP contribution is -2.53. The molecule has 1 atom stereocenters. The van der Waals surface area contributed by atoms with Gasteiger partial charge in [0.1, 0.15) is 23.8 Å². The van der Waals surface area contributed by atoms with Crippen LogP contribution >= 0.6 is 0 Å². The van der Waals surface area contributed by atoms with Crippen molar-refractivity contribution in [2.75, 3.05) is 29.9 Å². The zero-order valence-electron chi connectivity index (χ0n) is 22.7. The van der Waals surface area contributed by atoms with E-state index in [0.717, 1.165) is 6.07 Å². The highest BCUT2D eigenvalue weighted by Crippen LogP contribution is 2.36. The van der Waals surface area contributed by atoms with Crippen molar-refractivity contribution in [1.29, 1.82) is 0 Å². The molecule has 39 heavy (non-hydrogen) atoms. The number of halogens is 3. The second-order valence-corrected chi connectivity index (χ2v) is 10.5. The topological polar surface area (TPSA) is 101 Å². The summed E-state index contributed by atoms with van der Waals surface area (Å²) in [7, 11) is 0. The third-order valence-electron chi connectivity index (χ3n) is 6.33. The van der Waals surface area contributed by atoms with Crippen molar-refractivity contribution in [3.8, 4) is 0 Å². The SMILES string of the molecule is Cc1nc(N[C@H](C)c2cccc(C(F)(F)F)c2C)c2cc(N3CCN(C(=O)OC(C)(C)C)CC3=O)cnc2n1. The fourth-order valence-corrected chi connectivity index (χ4v) is 4.51. The van der Waals surface area contributed by atoms with Crippen molar-refractivity contribution in [3.05, 3.63) is 53.0 Å². The van der Waals surface area contributed by atoms with Crippen molar-refractivity contribution in [1.82, 2.24) is 19.9 Å². The molecule has 0 bridgehead atoms. The summed E-state index contributed by atoms with van der Waals surface area (Å²) >= 11 is 0. The van der Waals surface area contributed by atoms with E-state index in [1.807, 2.05) is 0 Å². The Morgan fingerprint density at radius 2 is 1.85 bits per heavy atom. The molecule has 0 spiro atoms. The zero-order chi connectivity index (χ0) is 28.7. The van der Waals surface area contributed by atoms with Crippen LogP contribution in [0.4, 0.5) is 29.5 Å². The van der Waals surface area contributed by atoms with Gasteiger partial charge in [-0.1, -0.05) is 12.1 Å². The maximum Gasteiger partial charge on any atom is 0.416 e. The molecule has 208 valence electrons. The Morgan fingerprint density at radius 1 is 1.13 bits per heavy atom. The van der Waals surface area contributed by atoms with Gasteiger partial charge in [-0.05, 0) is 64.8 Å². The van der Waals surface area contributed by atoms with E-state index in [1.54, 1.807) is 46.8 Å². The van der Waals surface area contributed by atoms with Crippen LogP contribution in [0.2, 0.25) is 0 Å². The molecule has 1 aromatic carbocycles. The lowest BCUT2D eigenvalue weighted by molar-refractivity contribution is -0.138. The third kappa shape index (κ3) is 6.21. The smallest absolute Gasteiger partial charge is 0.416 e. The van der Waals surface area contributed by atoms with Crippen LogP contribution in [0.15, 0.2) is 30.5 Å². The number of pyridine rings is 1. The number of aryl methyl sites for hydroxylation is 1. The predicted molar refractivity (Wildman–Crippen MR) is 140 cm³/mol. The number of amides is 2. The number of nitrogens with one attached hydrogen (secondary N) is 1. The summed E-state index contributed by atoms with van der Waals surface area (Å²) in [5.74, 6) is 0.514. The highest BCUT2D eigenvalue weighted by Gasteiger charge is 2.34. The van der Waals surface area contributed by atoms with Crippen LogP contribution in [0.3, 0.4) is 0 Å². The summed E-state index contributed by atoms with van der Waals surface area (Å²) in [6.45, 7) is 10.5. The summed E-state index contributed by atoms with van der Waals surface area (Å²) in [5.41, 5.74) is 0.117. The molecule has 1 aliphatic rings. The molecular weight excluding hydrogens is 513 g/mol. The van der Waals surface area contributed by atoms with E-state index < -0.39 is 29.5 Å². The van der Waals surface area contributed by atoms with Gasteiger partial charge in [0.15, 0.2) is 5.65 Å². The molecule has 2 amide bonds. The lowest BCUT2D eigenvalue weighted by atomic mass is 9.97. The molecular formula is C27H31F3N6O3. The first-order chi connectivity index (χ1) is 18.1. The number of benzene rings is 1. The first-order valence-corrected chi connectivity index (χ1v) is 12.5. The largest absolute Gasteiger partial charge is 0.444 e. The molecule has 12 heteroatoms. The van der Waals surface area contributed by atoms with E-state index in [0.29, 0.717) is 33.9 Å². The van der Waals surface area contributed by atoms with Gasteiger partial charge in [-0.3, -0.25) is 9.69 Å². The highest BCUT2D eigenvalue weighted by atomic mass is 19.4. The van der Waals surface area contributed by atoms with E-state index >= 15 is 0 Å². The Labute approximate surface area is 224 Å². The van der Waals surface area contributed by atoms with E-state index in [-0.39, 0.29) is 31.1 Å². The number of alkyl halides is 3. The van der Waals surface area contributed by atoms with Crippen LogP contribution in [0.25, 0.3) is 11.0 Å². The number of carbonyl (C=O) groups excluding carboxylic acids is 2. The van der Waals surface area contributed by atoms with Crippen molar-refractivity contribution in [3.63, 3.8) is 0 Å². The van der Waals surface area contributed by atoms with Crippen LogP contribution < -0.4 is 10.2 Å². The van der Waals surface area contributed by atoms with Gasteiger partial charge in [0.2, 0.25) is 5.91 Å². The number of aromatic nitrogens is 3. The van der Waals surface area contributed by atoms with E-state index in [9.17, 15) is 22.8 Å². The van der Waals surface area contributed by atoms with E-state index in [4.69, 9.17) is 4.74 Å². The molecule has 2 aromatic heterocycles. The lowest BCUT2D eigenvalue weighted by Gasteiger charge is -2.35. The third-order valence-corrected chi connectivity index (χ3v) is 6.33. The summed E-state index contributed by atoms with van der Waals surface area (Å²) in [5, 5.41) is 3.73. The van der Waals surface area contributed by atoms with Gasteiger partial charge in [-0.25, -0.2) is 19.7 Å². The minimum atomic E-state index is -4.46. The Bertz CT molecular complexity index is 1420. The van der Waals surface area contributed by atoms with Crippen LogP contribution in [0.5, 0.6) is 0 Å². The van der Waals surface area contributed by atoms with Crippen LogP contribution in [-0.2, 0) is 15.7 Å². The van der Waals surface area contributed by atoms with E-state index in [1.165, 1.54) is 29.0 Å². The first-order valence-electron chi connectivity index (χ1n) is 12.5. The standard InChI is InChI=1S/C27H31F3N6O3/c1-15-19(8-7-9-21(15)27(28,29)30)16(2)32-24-20-12-18(13-31-23(20)33-17(3)34-24)36-11-10-35(14-22(36)37)25(38)39-26(4,5)6/h7-9,12-13,16H,10-11,14H2,1-6H3,(H,31,32,33,34)/t16-/m1/s1. The molecule has 1 saturated heterocycles. The van der Waals surface area contributed by atoms with E-state index in [2.05, 4.69) is 20.3 Å². The quantitative estimate of drug-likeness (QED) is 0.468. The normalized spacial score (nSPS) is 15.5. The summed E-state index contributed by atoms with van der Waals surface area (Å²) < 4.78 is 45.8. The number of fused-ring (bicyclic) bond motifs is 1. The number of piperazine rings is 1. The molecule has 0 radical (unpaired) electrons. The maximum atomic E-state index is 13.5. The monoisotopic (exact) mass is 544 g/mol. The van der Waals surface area contributed by atoms with Crippen LogP contribution in [-0.4, -0.2) is 57.1 Å². The van der Waals surface area contributed by atoms with Crippen molar-refractivity contribution < 1.29 is 27.5 Å². The molecule has 3 heterocycles. The Hall–Kier alpha value is -3.96. The van der Waals surface area contributed by atoms with Gasteiger partial charge in [0.05, 0.1) is 28.9 Å². The summed E-state index contributed by atoms with van der Waals surface area (Å²) in [6, 6.07) is 5.29. The number of anilines is 2.